The van der Waals surface area contributed by atoms with Crippen LogP contribution in [-0.4, -0.2) is 32.3 Å². The number of carbonyl (C=O) groups excluding carboxylic acids is 1. The first-order chi connectivity index (χ1) is 10.3. The lowest BCUT2D eigenvalue weighted by atomic mass is 9.93. The molecule has 1 amide bonds. The maximum Gasteiger partial charge on any atom is 0.224 e. The van der Waals surface area contributed by atoms with Gasteiger partial charge in [0.1, 0.15) is 19.0 Å². The van der Waals surface area contributed by atoms with Gasteiger partial charge in [0.25, 0.3) is 0 Å². The van der Waals surface area contributed by atoms with E-state index in [0.717, 1.165) is 32.4 Å². The van der Waals surface area contributed by atoms with Crippen molar-refractivity contribution < 1.29 is 13.9 Å². The summed E-state index contributed by atoms with van der Waals surface area (Å²) < 4.78 is 17.3. The second-order valence-corrected chi connectivity index (χ2v) is 5.35. The molecule has 1 fully saturated rings. The van der Waals surface area contributed by atoms with Gasteiger partial charge in [-0.15, -0.1) is 12.4 Å². The van der Waals surface area contributed by atoms with Crippen LogP contribution in [0, 0.1) is 5.92 Å². The van der Waals surface area contributed by atoms with Crippen molar-refractivity contribution in [3.05, 3.63) is 24.3 Å². The number of piperidine rings is 1. The molecular formula is C16H24ClFN2O2. The Kier molecular flexibility index (Phi) is 8.85. The van der Waals surface area contributed by atoms with Crippen molar-refractivity contribution in [2.24, 2.45) is 5.92 Å². The van der Waals surface area contributed by atoms with Gasteiger partial charge < -0.3 is 15.4 Å². The van der Waals surface area contributed by atoms with Crippen LogP contribution >= 0.6 is 12.4 Å². The molecule has 0 radical (unpaired) electrons. The molecule has 0 bridgehead atoms. The van der Waals surface area contributed by atoms with Gasteiger partial charge in [0.05, 0.1) is 0 Å². The Labute approximate surface area is 137 Å². The Morgan fingerprint density at radius 3 is 2.86 bits per heavy atom. The first-order valence-corrected chi connectivity index (χ1v) is 7.57. The van der Waals surface area contributed by atoms with Crippen LogP contribution in [0.2, 0.25) is 0 Å². The SMILES string of the molecule is Cl.O=C(CCC1CCNCC1)Nc1cccc(OCCF)c1. The van der Waals surface area contributed by atoms with Crippen LogP contribution < -0.4 is 15.4 Å². The van der Waals surface area contributed by atoms with Crippen LogP contribution in [0.5, 0.6) is 5.75 Å². The molecule has 0 atom stereocenters. The number of hydrogen-bond acceptors (Lipinski definition) is 3. The maximum absolute atomic E-state index is 12.1. The predicted molar refractivity (Wildman–Crippen MR) is 88.6 cm³/mol. The number of benzene rings is 1. The zero-order valence-corrected chi connectivity index (χ0v) is 13.5. The largest absolute Gasteiger partial charge is 0.491 e. The number of halogens is 2. The average Bonchev–Trinajstić information content (AvgIpc) is 2.52. The summed E-state index contributed by atoms with van der Waals surface area (Å²) in [6.45, 7) is 1.63. The Morgan fingerprint density at radius 1 is 1.36 bits per heavy atom. The van der Waals surface area contributed by atoms with Crippen molar-refractivity contribution in [1.29, 1.82) is 0 Å². The lowest BCUT2D eigenvalue weighted by molar-refractivity contribution is -0.116. The zero-order chi connectivity index (χ0) is 14.9. The van der Waals surface area contributed by atoms with E-state index in [9.17, 15) is 9.18 Å². The topological polar surface area (TPSA) is 50.4 Å². The van der Waals surface area contributed by atoms with Crippen molar-refractivity contribution in [2.45, 2.75) is 25.7 Å². The molecule has 0 spiro atoms. The van der Waals surface area contributed by atoms with Crippen molar-refractivity contribution >= 4 is 24.0 Å². The normalized spacial score (nSPS) is 15.0. The summed E-state index contributed by atoms with van der Waals surface area (Å²) >= 11 is 0. The minimum absolute atomic E-state index is 0. The molecule has 1 aliphatic rings. The third-order valence-corrected chi connectivity index (χ3v) is 3.70. The first-order valence-electron chi connectivity index (χ1n) is 7.57. The molecule has 1 aliphatic heterocycles. The third kappa shape index (κ3) is 6.62. The molecule has 0 unspecified atom stereocenters. The summed E-state index contributed by atoms with van der Waals surface area (Å²) in [5.74, 6) is 1.25. The highest BCUT2D eigenvalue weighted by Crippen LogP contribution is 2.20. The van der Waals surface area contributed by atoms with E-state index in [2.05, 4.69) is 10.6 Å². The summed E-state index contributed by atoms with van der Waals surface area (Å²) in [7, 11) is 0. The molecule has 2 rings (SSSR count). The smallest absolute Gasteiger partial charge is 0.224 e. The zero-order valence-electron chi connectivity index (χ0n) is 12.6. The molecule has 0 aliphatic carbocycles. The second-order valence-electron chi connectivity index (χ2n) is 5.35. The lowest BCUT2D eigenvalue weighted by Crippen LogP contribution is -2.28. The van der Waals surface area contributed by atoms with Crippen LogP contribution in [0.25, 0.3) is 0 Å². The van der Waals surface area contributed by atoms with Crippen LogP contribution in [0.15, 0.2) is 24.3 Å². The fraction of sp³-hybridized carbons (Fsp3) is 0.562. The van der Waals surface area contributed by atoms with E-state index < -0.39 is 6.67 Å². The van der Waals surface area contributed by atoms with Crippen molar-refractivity contribution in [1.82, 2.24) is 5.32 Å². The first kappa shape index (κ1) is 18.7. The fourth-order valence-electron chi connectivity index (χ4n) is 2.55. The average molecular weight is 331 g/mol. The molecule has 6 heteroatoms. The predicted octanol–water partition coefficient (Wildman–Crippen LogP) is 3.18. The van der Waals surface area contributed by atoms with E-state index in [0.29, 0.717) is 23.8 Å². The Balaban J connectivity index is 0.00000242. The van der Waals surface area contributed by atoms with Gasteiger partial charge in [-0.2, -0.15) is 0 Å². The quantitative estimate of drug-likeness (QED) is 0.807. The number of nitrogens with one attached hydrogen (secondary N) is 2. The number of hydrogen-bond donors (Lipinski definition) is 2. The molecule has 124 valence electrons. The van der Waals surface area contributed by atoms with Crippen LogP contribution in [0.4, 0.5) is 10.1 Å². The van der Waals surface area contributed by atoms with Crippen LogP contribution in [0.3, 0.4) is 0 Å². The van der Waals surface area contributed by atoms with Gasteiger partial charge in [-0.1, -0.05) is 6.07 Å². The number of anilines is 1. The molecule has 0 saturated carbocycles. The van der Waals surface area contributed by atoms with Gasteiger partial charge in [0.15, 0.2) is 0 Å². The molecule has 2 N–H and O–H groups in total. The molecule has 4 nitrogen and oxygen atoms in total. The van der Waals surface area contributed by atoms with Gasteiger partial charge in [-0.05, 0) is 50.4 Å². The van der Waals surface area contributed by atoms with E-state index >= 15 is 0 Å². The molecule has 1 saturated heterocycles. The summed E-state index contributed by atoms with van der Waals surface area (Å²) in [4.78, 5) is 12.0. The number of rotatable bonds is 7. The number of alkyl halides is 1. The highest BCUT2D eigenvalue weighted by Gasteiger charge is 2.14. The highest BCUT2D eigenvalue weighted by molar-refractivity contribution is 5.90. The summed E-state index contributed by atoms with van der Waals surface area (Å²) in [6, 6.07) is 7.07. The van der Waals surface area contributed by atoms with Crippen LogP contribution in [-0.2, 0) is 4.79 Å². The Bertz CT molecular complexity index is 454. The van der Waals surface area contributed by atoms with E-state index in [1.165, 1.54) is 0 Å². The van der Waals surface area contributed by atoms with Gasteiger partial charge >= 0.3 is 0 Å². The van der Waals surface area contributed by atoms with Gasteiger partial charge in [0.2, 0.25) is 5.91 Å². The van der Waals surface area contributed by atoms with E-state index in [1.54, 1.807) is 18.2 Å². The minimum Gasteiger partial charge on any atom is -0.491 e. The molecule has 0 aromatic heterocycles. The monoisotopic (exact) mass is 330 g/mol. The minimum atomic E-state index is -0.521. The lowest BCUT2D eigenvalue weighted by Gasteiger charge is -2.22. The van der Waals surface area contributed by atoms with Crippen molar-refractivity contribution in [3.8, 4) is 5.75 Å². The Hall–Kier alpha value is -1.33. The standard InChI is InChI=1S/C16H23FN2O2.ClH/c17-8-11-21-15-3-1-2-14(12-15)19-16(20)5-4-13-6-9-18-10-7-13;/h1-3,12-13,18H,4-11H2,(H,19,20);1H. The maximum atomic E-state index is 12.1. The van der Waals surface area contributed by atoms with Crippen molar-refractivity contribution in [3.63, 3.8) is 0 Å². The van der Waals surface area contributed by atoms with Crippen molar-refractivity contribution in [2.75, 3.05) is 31.7 Å². The summed E-state index contributed by atoms with van der Waals surface area (Å²) in [5.41, 5.74) is 0.696. The van der Waals surface area contributed by atoms with Crippen LogP contribution in [0.1, 0.15) is 25.7 Å². The number of ether oxygens (including phenoxy) is 1. The molecule has 22 heavy (non-hydrogen) atoms. The highest BCUT2D eigenvalue weighted by atomic mass is 35.5. The Morgan fingerprint density at radius 2 is 2.14 bits per heavy atom. The summed E-state index contributed by atoms with van der Waals surface area (Å²) in [5, 5.41) is 6.19. The van der Waals surface area contributed by atoms with Gasteiger partial charge in [-0.25, -0.2) is 4.39 Å². The summed E-state index contributed by atoms with van der Waals surface area (Å²) in [6.07, 6.45) is 3.78. The van der Waals surface area contributed by atoms with E-state index in [1.807, 2.05) is 6.07 Å². The van der Waals surface area contributed by atoms with E-state index in [4.69, 9.17) is 4.74 Å². The number of carbonyl (C=O) groups is 1. The second kappa shape index (κ2) is 10.4. The molecule has 1 heterocycles. The number of amides is 1. The van der Waals surface area contributed by atoms with Gasteiger partial charge in [0, 0.05) is 18.2 Å². The molecule has 1 aromatic carbocycles. The molecule has 1 aromatic rings. The molecular weight excluding hydrogens is 307 g/mol. The van der Waals surface area contributed by atoms with Gasteiger partial charge in [-0.3, -0.25) is 4.79 Å². The van der Waals surface area contributed by atoms with E-state index in [-0.39, 0.29) is 24.9 Å². The third-order valence-electron chi connectivity index (χ3n) is 3.70. The fourth-order valence-corrected chi connectivity index (χ4v) is 2.55.